The lowest BCUT2D eigenvalue weighted by Crippen LogP contribution is -2.51. The van der Waals surface area contributed by atoms with Gasteiger partial charge in [0.15, 0.2) is 0 Å². The second-order valence-corrected chi connectivity index (χ2v) is 10.8. The Morgan fingerprint density at radius 1 is 1.04 bits per heavy atom. The highest BCUT2D eigenvalue weighted by Crippen LogP contribution is 2.74. The van der Waals surface area contributed by atoms with Gasteiger partial charge in [0.1, 0.15) is 0 Å². The van der Waals surface area contributed by atoms with Crippen molar-refractivity contribution in [3.63, 3.8) is 0 Å². The highest BCUT2D eigenvalue weighted by Gasteiger charge is 2.67. The van der Waals surface area contributed by atoms with Crippen molar-refractivity contribution in [3.05, 3.63) is 11.6 Å². The molecule has 5 rings (SSSR count). The Bertz CT molecular complexity index is 579. The van der Waals surface area contributed by atoms with Gasteiger partial charge in [-0.2, -0.15) is 0 Å². The van der Waals surface area contributed by atoms with Crippen molar-refractivity contribution >= 4 is 0 Å². The molecule has 0 aromatic rings. The SMILES string of the molecule is C/C=C1/[C@H]2C[C@H]2[C@H]2[C@@H]3CC[C@@H]4C[C@@](O)(CCC)CC[C@@H]4[C@H]3CC[C@]12C. The summed E-state index contributed by atoms with van der Waals surface area (Å²) in [5.74, 6) is 6.77. The van der Waals surface area contributed by atoms with Crippen LogP contribution >= 0.6 is 0 Å². The van der Waals surface area contributed by atoms with Gasteiger partial charge in [0.25, 0.3) is 0 Å². The minimum Gasteiger partial charge on any atom is -0.390 e. The molecule has 0 aromatic heterocycles. The summed E-state index contributed by atoms with van der Waals surface area (Å²) in [6, 6.07) is 0. The first-order valence-electron chi connectivity index (χ1n) is 11.4. The summed E-state index contributed by atoms with van der Waals surface area (Å²) in [5, 5.41) is 11.0. The molecule has 140 valence electrons. The summed E-state index contributed by atoms with van der Waals surface area (Å²) in [5.41, 5.74) is 2.08. The maximum atomic E-state index is 11.0. The number of hydrogen-bond donors (Lipinski definition) is 1. The van der Waals surface area contributed by atoms with Crippen LogP contribution in [0.25, 0.3) is 0 Å². The average molecular weight is 343 g/mol. The van der Waals surface area contributed by atoms with Crippen LogP contribution in [0.5, 0.6) is 0 Å². The first kappa shape index (κ1) is 16.8. The molecule has 25 heavy (non-hydrogen) atoms. The van der Waals surface area contributed by atoms with E-state index in [0.29, 0.717) is 5.41 Å². The zero-order valence-corrected chi connectivity index (χ0v) is 16.6. The molecule has 0 aromatic carbocycles. The van der Waals surface area contributed by atoms with Gasteiger partial charge in [-0.15, -0.1) is 0 Å². The summed E-state index contributed by atoms with van der Waals surface area (Å²) in [7, 11) is 0. The van der Waals surface area contributed by atoms with Gasteiger partial charge in [-0.25, -0.2) is 0 Å². The first-order chi connectivity index (χ1) is 12.0. The van der Waals surface area contributed by atoms with Crippen LogP contribution in [0.1, 0.15) is 85.0 Å². The van der Waals surface area contributed by atoms with Gasteiger partial charge in [-0.3, -0.25) is 0 Å². The van der Waals surface area contributed by atoms with Crippen molar-refractivity contribution < 1.29 is 5.11 Å². The van der Waals surface area contributed by atoms with E-state index in [0.717, 1.165) is 67.1 Å². The van der Waals surface area contributed by atoms with E-state index in [1.165, 1.54) is 38.5 Å². The lowest BCUT2D eigenvalue weighted by molar-refractivity contribution is -0.103. The van der Waals surface area contributed by atoms with E-state index in [-0.39, 0.29) is 5.60 Å². The maximum absolute atomic E-state index is 11.0. The molecule has 5 aliphatic rings. The topological polar surface area (TPSA) is 20.2 Å². The summed E-state index contributed by atoms with van der Waals surface area (Å²) in [6.45, 7) is 7.16. The van der Waals surface area contributed by atoms with Gasteiger partial charge in [-0.05, 0) is 112 Å². The third kappa shape index (κ3) is 2.30. The van der Waals surface area contributed by atoms with Crippen LogP contribution in [0.4, 0.5) is 0 Å². The Balaban J connectivity index is 1.38. The fourth-order valence-corrected chi connectivity index (χ4v) is 8.97. The molecule has 9 atom stereocenters. The lowest BCUT2D eigenvalue weighted by Gasteiger charge is -2.57. The van der Waals surface area contributed by atoms with E-state index in [9.17, 15) is 5.11 Å². The fraction of sp³-hybridized carbons (Fsp3) is 0.917. The molecule has 5 aliphatic carbocycles. The molecule has 5 saturated carbocycles. The summed E-state index contributed by atoms with van der Waals surface area (Å²) >= 11 is 0. The predicted molar refractivity (Wildman–Crippen MR) is 103 cm³/mol. The minimum atomic E-state index is -0.320. The van der Waals surface area contributed by atoms with Crippen LogP contribution in [-0.2, 0) is 0 Å². The van der Waals surface area contributed by atoms with Crippen LogP contribution in [0.2, 0.25) is 0 Å². The zero-order chi connectivity index (χ0) is 17.4. The Morgan fingerprint density at radius 2 is 1.84 bits per heavy atom. The molecule has 0 aliphatic heterocycles. The van der Waals surface area contributed by atoms with Gasteiger partial charge < -0.3 is 5.11 Å². The van der Waals surface area contributed by atoms with Crippen LogP contribution in [-0.4, -0.2) is 10.7 Å². The standard InChI is InChI=1S/C24H38O/c1-4-10-24(25)12-9-16-15(14-24)6-7-18-17(16)8-11-23(3)21(5-2)19-13-20(19)22(18)23/h5,15-20,22,25H,4,6-14H2,1-3H3/b21-5-/t15-,16+,17-,18-,19+,20-,22-,23-,24-/m1/s1. The van der Waals surface area contributed by atoms with E-state index in [4.69, 9.17) is 0 Å². The van der Waals surface area contributed by atoms with Gasteiger partial charge in [0.05, 0.1) is 5.60 Å². The number of allylic oxidation sites excluding steroid dienone is 2. The van der Waals surface area contributed by atoms with Crippen molar-refractivity contribution in [2.45, 2.75) is 90.6 Å². The van der Waals surface area contributed by atoms with Gasteiger partial charge >= 0.3 is 0 Å². The van der Waals surface area contributed by atoms with Crippen molar-refractivity contribution in [2.24, 2.45) is 46.8 Å². The fourth-order valence-electron chi connectivity index (χ4n) is 8.97. The second-order valence-electron chi connectivity index (χ2n) is 10.8. The van der Waals surface area contributed by atoms with Gasteiger partial charge in [-0.1, -0.05) is 31.9 Å². The molecule has 5 fully saturated rings. The van der Waals surface area contributed by atoms with Crippen LogP contribution < -0.4 is 0 Å². The number of fused-ring (bicyclic) bond motifs is 7. The normalized spacial score (nSPS) is 58.2. The number of rotatable bonds is 2. The summed E-state index contributed by atoms with van der Waals surface area (Å²) in [4.78, 5) is 0. The monoisotopic (exact) mass is 342 g/mol. The highest BCUT2D eigenvalue weighted by molar-refractivity contribution is 5.34. The van der Waals surface area contributed by atoms with Gasteiger partial charge in [0, 0.05) is 0 Å². The molecule has 0 spiro atoms. The van der Waals surface area contributed by atoms with Gasteiger partial charge in [0.2, 0.25) is 0 Å². The van der Waals surface area contributed by atoms with E-state index < -0.39 is 0 Å². The van der Waals surface area contributed by atoms with E-state index in [1.54, 1.807) is 0 Å². The van der Waals surface area contributed by atoms with Crippen molar-refractivity contribution in [1.29, 1.82) is 0 Å². The minimum absolute atomic E-state index is 0.320. The summed E-state index contributed by atoms with van der Waals surface area (Å²) in [6.07, 6.45) is 15.5. The molecule has 0 heterocycles. The molecule has 1 nitrogen and oxygen atoms in total. The second kappa shape index (κ2) is 5.60. The molecule has 0 bridgehead atoms. The Hall–Kier alpha value is -0.300. The first-order valence-corrected chi connectivity index (χ1v) is 11.4. The van der Waals surface area contributed by atoms with Crippen LogP contribution in [0, 0.1) is 46.8 Å². The van der Waals surface area contributed by atoms with E-state index in [1.807, 2.05) is 5.57 Å². The molecular weight excluding hydrogens is 304 g/mol. The average Bonchev–Trinajstić information content (AvgIpc) is 3.29. The summed E-state index contributed by atoms with van der Waals surface area (Å²) < 4.78 is 0. The highest BCUT2D eigenvalue weighted by atomic mass is 16.3. The lowest BCUT2D eigenvalue weighted by atomic mass is 9.48. The van der Waals surface area contributed by atoms with E-state index in [2.05, 4.69) is 26.8 Å². The smallest absolute Gasteiger partial charge is 0.0650 e. The molecule has 0 amide bonds. The van der Waals surface area contributed by atoms with Crippen molar-refractivity contribution in [2.75, 3.05) is 0 Å². The maximum Gasteiger partial charge on any atom is 0.0650 e. The zero-order valence-electron chi connectivity index (χ0n) is 16.6. The molecule has 1 N–H and O–H groups in total. The molecule has 1 heteroatoms. The molecule has 0 unspecified atom stereocenters. The van der Waals surface area contributed by atoms with Crippen molar-refractivity contribution in [3.8, 4) is 0 Å². The van der Waals surface area contributed by atoms with Crippen molar-refractivity contribution in [1.82, 2.24) is 0 Å². The Labute approximate surface area is 154 Å². The third-order valence-electron chi connectivity index (χ3n) is 9.74. The Morgan fingerprint density at radius 3 is 2.60 bits per heavy atom. The Kier molecular flexibility index (Phi) is 3.77. The molecular formula is C24H38O. The number of aliphatic hydroxyl groups is 1. The molecule has 0 radical (unpaired) electrons. The van der Waals surface area contributed by atoms with E-state index >= 15 is 0 Å². The third-order valence-corrected chi connectivity index (χ3v) is 9.74. The largest absolute Gasteiger partial charge is 0.390 e. The quantitative estimate of drug-likeness (QED) is 0.613. The van der Waals surface area contributed by atoms with Crippen LogP contribution in [0.3, 0.4) is 0 Å². The molecule has 0 saturated heterocycles. The predicted octanol–water partition coefficient (Wildman–Crippen LogP) is 5.97. The number of hydrogen-bond acceptors (Lipinski definition) is 1. The van der Waals surface area contributed by atoms with Crippen LogP contribution in [0.15, 0.2) is 11.6 Å².